The lowest BCUT2D eigenvalue weighted by atomic mass is 9.91. The van der Waals surface area contributed by atoms with Gasteiger partial charge in [0.1, 0.15) is 17.2 Å². The highest BCUT2D eigenvalue weighted by Crippen LogP contribution is 2.44. The standard InChI is InChI=1S/C27H28FN3O4/c1-27(2)21(14-23(35-27)25-20-8-7-19(28)13-22(20)29-26(25)34)18-5-3-17(4-6-18)15-30-9-11-31(12-10-30)16-24(32)33/h3-8,13-14H,9-12,15-16H2,1-2H3,(H,29,34)(H,32,33). The number of nitrogens with zero attached hydrogens (tertiary/aromatic N) is 2. The Hall–Kier alpha value is -3.49. The van der Waals surface area contributed by atoms with Crippen LogP contribution in [0.1, 0.15) is 30.5 Å². The molecule has 5 rings (SSSR count). The molecule has 2 aromatic carbocycles. The van der Waals surface area contributed by atoms with Crippen molar-refractivity contribution < 1.29 is 23.8 Å². The predicted octanol–water partition coefficient (Wildman–Crippen LogP) is 3.58. The van der Waals surface area contributed by atoms with E-state index >= 15 is 0 Å². The Balaban J connectivity index is 1.33. The van der Waals surface area contributed by atoms with Crippen molar-refractivity contribution in [1.29, 1.82) is 0 Å². The molecule has 8 heteroatoms. The first-order chi connectivity index (χ1) is 16.7. The number of aliphatic carboxylic acids is 1. The fraction of sp³-hybridized carbons (Fsp3) is 0.333. The first kappa shape index (κ1) is 23.3. The molecular weight excluding hydrogens is 449 g/mol. The van der Waals surface area contributed by atoms with Gasteiger partial charge in [0.15, 0.2) is 0 Å². The number of amides is 1. The Morgan fingerprint density at radius 3 is 2.46 bits per heavy atom. The normalized spacial score (nSPS) is 21.9. The number of hydrogen-bond acceptors (Lipinski definition) is 5. The second kappa shape index (κ2) is 8.94. The fourth-order valence-electron chi connectivity index (χ4n) is 4.95. The van der Waals surface area contributed by atoms with Crippen LogP contribution in [0.4, 0.5) is 10.1 Å². The molecule has 182 valence electrons. The van der Waals surface area contributed by atoms with Crippen molar-refractivity contribution in [2.45, 2.75) is 26.0 Å². The summed E-state index contributed by atoms with van der Waals surface area (Å²) in [7, 11) is 0. The Bertz CT molecular complexity index is 1240. The summed E-state index contributed by atoms with van der Waals surface area (Å²) >= 11 is 0. The lowest BCUT2D eigenvalue weighted by Gasteiger charge is -2.33. The van der Waals surface area contributed by atoms with Crippen LogP contribution in [0.3, 0.4) is 0 Å². The molecule has 0 bridgehead atoms. The summed E-state index contributed by atoms with van der Waals surface area (Å²) in [6, 6.07) is 12.6. The number of anilines is 1. The highest BCUT2D eigenvalue weighted by Gasteiger charge is 2.38. The molecule has 0 radical (unpaired) electrons. The third-order valence-electron chi connectivity index (χ3n) is 6.76. The summed E-state index contributed by atoms with van der Waals surface area (Å²) in [5.41, 5.74) is 4.04. The summed E-state index contributed by atoms with van der Waals surface area (Å²) in [5, 5.41) is 11.7. The number of hydrogen-bond donors (Lipinski definition) is 2. The van der Waals surface area contributed by atoms with Gasteiger partial charge in [-0.2, -0.15) is 0 Å². The number of rotatable bonds is 5. The molecule has 7 nitrogen and oxygen atoms in total. The van der Waals surface area contributed by atoms with Gasteiger partial charge in [0.25, 0.3) is 5.91 Å². The van der Waals surface area contributed by atoms with Gasteiger partial charge in [-0.25, -0.2) is 4.39 Å². The van der Waals surface area contributed by atoms with E-state index < -0.39 is 17.4 Å². The molecule has 3 aliphatic heterocycles. The zero-order valence-electron chi connectivity index (χ0n) is 19.8. The van der Waals surface area contributed by atoms with E-state index in [-0.39, 0.29) is 12.5 Å². The van der Waals surface area contributed by atoms with Gasteiger partial charge in [-0.05, 0) is 49.2 Å². The van der Waals surface area contributed by atoms with Crippen molar-refractivity contribution in [3.63, 3.8) is 0 Å². The van der Waals surface area contributed by atoms with Gasteiger partial charge in [-0.3, -0.25) is 19.4 Å². The SMILES string of the molecule is CC1(C)OC(=C2C(=O)Nc3cc(F)ccc32)C=C1c1ccc(CN2CCN(CC(=O)O)CC2)cc1. The first-order valence-electron chi connectivity index (χ1n) is 11.7. The van der Waals surface area contributed by atoms with Crippen LogP contribution in [0, 0.1) is 5.82 Å². The van der Waals surface area contributed by atoms with E-state index in [1.54, 1.807) is 6.07 Å². The first-order valence-corrected chi connectivity index (χ1v) is 11.7. The molecule has 0 aromatic heterocycles. The van der Waals surface area contributed by atoms with Gasteiger partial charge in [0.2, 0.25) is 0 Å². The predicted molar refractivity (Wildman–Crippen MR) is 131 cm³/mol. The van der Waals surface area contributed by atoms with E-state index in [2.05, 4.69) is 34.5 Å². The van der Waals surface area contributed by atoms with Crippen molar-refractivity contribution >= 4 is 28.7 Å². The Morgan fingerprint density at radius 2 is 1.77 bits per heavy atom. The highest BCUT2D eigenvalue weighted by atomic mass is 19.1. The highest BCUT2D eigenvalue weighted by molar-refractivity contribution is 6.32. The van der Waals surface area contributed by atoms with Gasteiger partial charge in [0.05, 0.1) is 17.8 Å². The van der Waals surface area contributed by atoms with E-state index in [4.69, 9.17) is 9.84 Å². The minimum Gasteiger partial charge on any atom is -0.482 e. The van der Waals surface area contributed by atoms with Crippen molar-refractivity contribution in [1.82, 2.24) is 9.80 Å². The maximum Gasteiger partial charge on any atom is 0.317 e. The number of carbonyl (C=O) groups is 2. The summed E-state index contributed by atoms with van der Waals surface area (Å²) in [5.74, 6) is -1.00. The molecule has 0 saturated carbocycles. The zero-order chi connectivity index (χ0) is 24.7. The average Bonchev–Trinajstić information content (AvgIpc) is 3.29. The van der Waals surface area contributed by atoms with Crippen LogP contribution >= 0.6 is 0 Å². The Labute approximate surface area is 203 Å². The Kier molecular flexibility index (Phi) is 5.94. The van der Waals surface area contributed by atoms with Crippen molar-refractivity contribution in [3.05, 3.63) is 76.8 Å². The molecule has 3 aliphatic rings. The van der Waals surface area contributed by atoms with Gasteiger partial charge < -0.3 is 15.2 Å². The molecule has 3 heterocycles. The molecule has 0 atom stereocenters. The van der Waals surface area contributed by atoms with Gasteiger partial charge in [-0.15, -0.1) is 0 Å². The summed E-state index contributed by atoms with van der Waals surface area (Å²) in [4.78, 5) is 27.8. The molecular formula is C27H28FN3O4. The van der Waals surface area contributed by atoms with Gasteiger partial charge in [0, 0.05) is 43.9 Å². The lowest BCUT2D eigenvalue weighted by Crippen LogP contribution is -2.47. The second-order valence-corrected chi connectivity index (χ2v) is 9.70. The number of ether oxygens (including phenoxy) is 1. The smallest absolute Gasteiger partial charge is 0.317 e. The molecule has 1 amide bonds. The summed E-state index contributed by atoms with van der Waals surface area (Å²) < 4.78 is 19.8. The van der Waals surface area contributed by atoms with Crippen molar-refractivity contribution in [3.8, 4) is 0 Å². The zero-order valence-corrected chi connectivity index (χ0v) is 19.8. The number of carbonyl (C=O) groups excluding carboxylic acids is 1. The van der Waals surface area contributed by atoms with E-state index in [0.29, 0.717) is 22.6 Å². The maximum atomic E-state index is 13.6. The molecule has 0 aliphatic carbocycles. The minimum atomic E-state index is -0.785. The third-order valence-corrected chi connectivity index (χ3v) is 6.76. The molecule has 1 saturated heterocycles. The number of fused-ring (bicyclic) bond motifs is 1. The number of allylic oxidation sites excluding steroid dienone is 1. The number of halogens is 1. The topological polar surface area (TPSA) is 82.1 Å². The number of piperazine rings is 1. The van der Waals surface area contributed by atoms with Crippen LogP contribution in [0.2, 0.25) is 0 Å². The van der Waals surface area contributed by atoms with Crippen LogP contribution in [-0.4, -0.2) is 65.1 Å². The maximum absolute atomic E-state index is 13.6. The van der Waals surface area contributed by atoms with Crippen molar-refractivity contribution in [2.24, 2.45) is 0 Å². The second-order valence-electron chi connectivity index (χ2n) is 9.70. The number of benzene rings is 2. The monoisotopic (exact) mass is 477 g/mol. The van der Waals surface area contributed by atoms with Crippen LogP contribution in [0.25, 0.3) is 11.1 Å². The summed E-state index contributed by atoms with van der Waals surface area (Å²) in [6.45, 7) is 8.02. The van der Waals surface area contributed by atoms with Crippen LogP contribution < -0.4 is 5.32 Å². The molecule has 35 heavy (non-hydrogen) atoms. The number of carboxylic acids is 1. The lowest BCUT2D eigenvalue weighted by molar-refractivity contribution is -0.138. The minimum absolute atomic E-state index is 0.0950. The summed E-state index contributed by atoms with van der Waals surface area (Å²) in [6.07, 6.45) is 1.91. The third kappa shape index (κ3) is 4.72. The molecule has 0 spiro atoms. The quantitative estimate of drug-likeness (QED) is 0.641. The fourth-order valence-corrected chi connectivity index (χ4v) is 4.95. The molecule has 2 aromatic rings. The van der Waals surface area contributed by atoms with Crippen LogP contribution in [0.5, 0.6) is 0 Å². The van der Waals surface area contributed by atoms with E-state index in [1.807, 2.05) is 24.8 Å². The van der Waals surface area contributed by atoms with E-state index in [0.717, 1.165) is 43.9 Å². The van der Waals surface area contributed by atoms with Gasteiger partial charge in [-0.1, -0.05) is 24.3 Å². The van der Waals surface area contributed by atoms with Crippen molar-refractivity contribution in [2.75, 3.05) is 38.0 Å². The molecule has 0 unspecified atom stereocenters. The van der Waals surface area contributed by atoms with Gasteiger partial charge >= 0.3 is 5.97 Å². The largest absolute Gasteiger partial charge is 0.482 e. The molecule has 1 fully saturated rings. The van der Waals surface area contributed by atoms with Crippen LogP contribution in [-0.2, 0) is 20.9 Å². The van der Waals surface area contributed by atoms with E-state index in [9.17, 15) is 14.0 Å². The van der Waals surface area contributed by atoms with E-state index in [1.165, 1.54) is 17.7 Å². The molecule has 2 N–H and O–H groups in total. The average molecular weight is 478 g/mol. The number of nitrogens with one attached hydrogen (secondary N) is 1. The number of carboxylic acid groups (broad SMARTS) is 1. The van der Waals surface area contributed by atoms with Crippen LogP contribution in [0.15, 0.2) is 54.3 Å². The Morgan fingerprint density at radius 1 is 1.09 bits per heavy atom.